The lowest BCUT2D eigenvalue weighted by atomic mass is 9.49. The third-order valence-electron chi connectivity index (χ3n) is 9.19. The molecular weight excluding hydrogens is 330 g/mol. The predicted molar refractivity (Wildman–Crippen MR) is 108 cm³/mol. The van der Waals surface area contributed by atoms with Crippen LogP contribution in [0.5, 0.6) is 0 Å². The van der Waals surface area contributed by atoms with Crippen molar-refractivity contribution >= 4 is 0 Å². The molecule has 0 spiro atoms. The number of pyridine rings is 1. The molecule has 4 fully saturated rings. The molecule has 6 atom stereocenters. The summed E-state index contributed by atoms with van der Waals surface area (Å²) in [6.07, 6.45) is 12.1. The molecule has 1 saturated carbocycles. The second-order valence-corrected chi connectivity index (χ2v) is 10.6. The monoisotopic (exact) mass is 363 g/mol. The molecule has 27 heavy (non-hydrogen) atoms. The van der Waals surface area contributed by atoms with E-state index in [2.05, 4.69) is 46.8 Å². The molecule has 6 aliphatic rings. The average Bonchev–Trinajstić information content (AvgIpc) is 3.33. The Labute approximate surface area is 163 Å². The Hall–Kier alpha value is -1.19. The maximum atomic E-state index is 4.19. The standard InChI is InChI=1S/C24H33N3/c1-24(2)18-4-3-17(21(24)11-18)13-26-14-19-20(15-26)23-6-5-22(19)27(23)12-16-7-9-25-10-8-16/h3,7-10,18-23H,4-6,11-15H2,1-2H3/t18-,19-,20+,21-,22-,23+/m0/s1. The van der Waals surface area contributed by atoms with E-state index in [9.17, 15) is 0 Å². The number of hydrogen-bond acceptors (Lipinski definition) is 3. The van der Waals surface area contributed by atoms with Crippen LogP contribution in [0.2, 0.25) is 0 Å². The van der Waals surface area contributed by atoms with E-state index in [1.54, 1.807) is 5.57 Å². The molecule has 4 heterocycles. The zero-order valence-electron chi connectivity index (χ0n) is 16.8. The summed E-state index contributed by atoms with van der Waals surface area (Å²) in [7, 11) is 0. The number of allylic oxidation sites excluding steroid dienone is 1. The predicted octanol–water partition coefficient (Wildman–Crippen LogP) is 3.97. The maximum Gasteiger partial charge on any atom is 0.0271 e. The third-order valence-corrected chi connectivity index (χ3v) is 9.19. The minimum absolute atomic E-state index is 0.569. The fourth-order valence-electron chi connectivity index (χ4n) is 7.57. The van der Waals surface area contributed by atoms with Crippen LogP contribution in [0, 0.1) is 29.1 Å². The van der Waals surface area contributed by atoms with E-state index in [0.717, 1.165) is 42.3 Å². The topological polar surface area (TPSA) is 19.4 Å². The number of fused-ring (bicyclic) bond motifs is 6. The molecule has 0 aromatic carbocycles. The highest BCUT2D eigenvalue weighted by Gasteiger charge is 2.57. The summed E-state index contributed by atoms with van der Waals surface area (Å²) in [5, 5.41) is 0. The summed E-state index contributed by atoms with van der Waals surface area (Å²) < 4.78 is 0. The highest BCUT2D eigenvalue weighted by Crippen LogP contribution is 2.59. The summed E-state index contributed by atoms with van der Waals surface area (Å²) in [6.45, 7) is 10.1. The molecule has 3 heteroatoms. The van der Waals surface area contributed by atoms with Crippen LogP contribution in [0.25, 0.3) is 0 Å². The second-order valence-electron chi connectivity index (χ2n) is 10.6. The number of rotatable bonds is 4. The lowest BCUT2D eigenvalue weighted by molar-refractivity contribution is -0.0104. The van der Waals surface area contributed by atoms with Crippen molar-refractivity contribution in [1.29, 1.82) is 0 Å². The number of likely N-dealkylation sites (tertiary alicyclic amines) is 1. The number of aromatic nitrogens is 1. The zero-order chi connectivity index (χ0) is 18.2. The summed E-state index contributed by atoms with van der Waals surface area (Å²) in [5.41, 5.74) is 3.79. The molecule has 1 aromatic heterocycles. The molecule has 7 rings (SSSR count). The van der Waals surface area contributed by atoms with Crippen molar-refractivity contribution in [1.82, 2.24) is 14.8 Å². The van der Waals surface area contributed by atoms with E-state index in [1.807, 2.05) is 12.4 Å². The molecule has 0 amide bonds. The van der Waals surface area contributed by atoms with Gasteiger partial charge in [-0.15, -0.1) is 0 Å². The Morgan fingerprint density at radius 1 is 1.04 bits per heavy atom. The van der Waals surface area contributed by atoms with E-state index in [-0.39, 0.29) is 0 Å². The molecule has 1 aromatic rings. The number of hydrogen-bond donors (Lipinski definition) is 0. The Balaban J connectivity index is 1.13. The average molecular weight is 364 g/mol. The van der Waals surface area contributed by atoms with E-state index in [0.29, 0.717) is 5.41 Å². The number of nitrogens with zero attached hydrogens (tertiary/aromatic N) is 3. The summed E-state index contributed by atoms with van der Waals surface area (Å²) >= 11 is 0. The summed E-state index contributed by atoms with van der Waals surface area (Å²) in [4.78, 5) is 9.86. The van der Waals surface area contributed by atoms with Gasteiger partial charge in [0.1, 0.15) is 0 Å². The Kier molecular flexibility index (Phi) is 3.66. The van der Waals surface area contributed by atoms with Gasteiger partial charge >= 0.3 is 0 Å². The second kappa shape index (κ2) is 5.90. The van der Waals surface area contributed by atoms with Gasteiger partial charge in [0, 0.05) is 50.7 Å². The SMILES string of the molecule is CC1(C)[C@H]2CC=C(CN3C[C@@H]4[C@H](C3)[C@@H]3CC[C@H]4N3Cc3ccncc3)[C@@H]1C2. The molecule has 3 aliphatic heterocycles. The van der Waals surface area contributed by atoms with Crippen molar-refractivity contribution in [3.05, 3.63) is 41.7 Å². The first-order valence-corrected chi connectivity index (χ1v) is 11.2. The molecular formula is C24H33N3. The van der Waals surface area contributed by atoms with Crippen LogP contribution in [-0.4, -0.2) is 46.5 Å². The summed E-state index contributed by atoms with van der Waals surface area (Å²) in [6, 6.07) is 6.04. The van der Waals surface area contributed by atoms with E-state index >= 15 is 0 Å². The fraction of sp³-hybridized carbons (Fsp3) is 0.708. The maximum absolute atomic E-state index is 4.19. The van der Waals surface area contributed by atoms with E-state index in [4.69, 9.17) is 0 Å². The van der Waals surface area contributed by atoms with Gasteiger partial charge in [-0.25, -0.2) is 0 Å². The van der Waals surface area contributed by atoms with Crippen LogP contribution in [-0.2, 0) is 6.54 Å². The van der Waals surface area contributed by atoms with Crippen molar-refractivity contribution < 1.29 is 0 Å². The van der Waals surface area contributed by atoms with Crippen LogP contribution >= 0.6 is 0 Å². The van der Waals surface area contributed by atoms with Crippen LogP contribution in [0.4, 0.5) is 0 Å². The van der Waals surface area contributed by atoms with Crippen molar-refractivity contribution in [2.45, 2.75) is 58.2 Å². The zero-order valence-corrected chi connectivity index (χ0v) is 16.8. The molecule has 0 N–H and O–H groups in total. The minimum atomic E-state index is 0.569. The Bertz CT molecular complexity index is 734. The van der Waals surface area contributed by atoms with E-state index < -0.39 is 0 Å². The minimum Gasteiger partial charge on any atom is -0.299 e. The first-order valence-electron chi connectivity index (χ1n) is 11.2. The molecule has 0 unspecified atom stereocenters. The van der Waals surface area contributed by atoms with E-state index in [1.165, 1.54) is 50.9 Å². The smallest absolute Gasteiger partial charge is 0.0271 e. The lowest BCUT2D eigenvalue weighted by Gasteiger charge is -2.57. The van der Waals surface area contributed by atoms with Gasteiger partial charge in [-0.2, -0.15) is 0 Å². The molecule has 0 radical (unpaired) electrons. The van der Waals surface area contributed by atoms with Crippen LogP contribution < -0.4 is 0 Å². The molecule has 3 nitrogen and oxygen atoms in total. The van der Waals surface area contributed by atoms with Gasteiger partial charge in [0.15, 0.2) is 0 Å². The van der Waals surface area contributed by atoms with Gasteiger partial charge in [-0.05, 0) is 72.5 Å². The molecule has 4 bridgehead atoms. The van der Waals surface area contributed by atoms with Gasteiger partial charge in [-0.3, -0.25) is 14.8 Å². The fourth-order valence-corrected chi connectivity index (χ4v) is 7.57. The quantitative estimate of drug-likeness (QED) is 0.755. The van der Waals surface area contributed by atoms with Gasteiger partial charge in [0.2, 0.25) is 0 Å². The van der Waals surface area contributed by atoms with Crippen LogP contribution in [0.1, 0.15) is 45.1 Å². The largest absolute Gasteiger partial charge is 0.299 e. The molecule has 3 saturated heterocycles. The van der Waals surface area contributed by atoms with Gasteiger partial charge in [-0.1, -0.05) is 25.5 Å². The Morgan fingerprint density at radius 3 is 2.37 bits per heavy atom. The van der Waals surface area contributed by atoms with Crippen LogP contribution in [0.15, 0.2) is 36.2 Å². The van der Waals surface area contributed by atoms with Gasteiger partial charge < -0.3 is 0 Å². The first kappa shape index (κ1) is 16.7. The Morgan fingerprint density at radius 2 is 1.74 bits per heavy atom. The summed E-state index contributed by atoms with van der Waals surface area (Å²) in [5.74, 6) is 3.66. The first-order chi connectivity index (χ1) is 13.1. The third kappa shape index (κ3) is 2.43. The van der Waals surface area contributed by atoms with Crippen LogP contribution in [0.3, 0.4) is 0 Å². The molecule has 144 valence electrons. The van der Waals surface area contributed by atoms with Crippen molar-refractivity contribution in [3.8, 4) is 0 Å². The van der Waals surface area contributed by atoms with Crippen molar-refractivity contribution in [3.63, 3.8) is 0 Å². The van der Waals surface area contributed by atoms with Gasteiger partial charge in [0.25, 0.3) is 0 Å². The highest BCUT2D eigenvalue weighted by atomic mass is 15.3. The van der Waals surface area contributed by atoms with Gasteiger partial charge in [0.05, 0.1) is 0 Å². The molecule has 3 aliphatic carbocycles. The van der Waals surface area contributed by atoms with Crippen molar-refractivity contribution in [2.24, 2.45) is 29.1 Å². The lowest BCUT2D eigenvalue weighted by Crippen LogP contribution is -2.49. The van der Waals surface area contributed by atoms with Crippen molar-refractivity contribution in [2.75, 3.05) is 19.6 Å². The highest BCUT2D eigenvalue weighted by molar-refractivity contribution is 5.25. The normalized spacial score (nSPS) is 42.1.